The first kappa shape index (κ1) is 18.0. The van der Waals surface area contributed by atoms with Crippen molar-refractivity contribution in [3.05, 3.63) is 34.9 Å². The number of nitrogens with one attached hydrogen (secondary N) is 1. The lowest BCUT2D eigenvalue weighted by atomic mass is 9.87. The minimum atomic E-state index is -0.0995. The lowest BCUT2D eigenvalue weighted by Crippen LogP contribution is -2.39. The molecule has 4 heteroatoms. The van der Waals surface area contributed by atoms with Crippen LogP contribution in [-0.2, 0) is 11.2 Å². The Morgan fingerprint density at radius 2 is 1.95 bits per heavy atom. The summed E-state index contributed by atoms with van der Waals surface area (Å²) in [5.74, 6) is 0.00584. The maximum Gasteiger partial charge on any atom is 0.221 e. The molecule has 0 heterocycles. The van der Waals surface area contributed by atoms with Crippen LogP contribution in [-0.4, -0.2) is 18.0 Å². The van der Waals surface area contributed by atoms with Crippen LogP contribution in [0.25, 0.3) is 0 Å². The molecule has 3 N–H and O–H groups in total. The lowest BCUT2D eigenvalue weighted by molar-refractivity contribution is -0.122. The number of hydrogen-bond donors (Lipinski definition) is 2. The van der Waals surface area contributed by atoms with Gasteiger partial charge in [0, 0.05) is 23.5 Å². The SMILES string of the molecule is CC(Cc1ccccc1Cl)NC(=O)CC(N)CC(C)(C)C. The van der Waals surface area contributed by atoms with E-state index < -0.39 is 0 Å². The molecule has 0 radical (unpaired) electrons. The molecule has 3 nitrogen and oxygen atoms in total. The van der Waals surface area contributed by atoms with E-state index in [1.807, 2.05) is 31.2 Å². The van der Waals surface area contributed by atoms with Crippen LogP contribution < -0.4 is 11.1 Å². The van der Waals surface area contributed by atoms with Gasteiger partial charge in [-0.25, -0.2) is 0 Å². The van der Waals surface area contributed by atoms with Crippen molar-refractivity contribution in [1.29, 1.82) is 0 Å². The second-order valence-corrected chi connectivity index (χ2v) is 7.40. The third-order valence-corrected chi connectivity index (χ3v) is 3.58. The van der Waals surface area contributed by atoms with Crippen LogP contribution >= 0.6 is 11.6 Å². The van der Waals surface area contributed by atoms with E-state index in [4.69, 9.17) is 17.3 Å². The topological polar surface area (TPSA) is 55.1 Å². The maximum absolute atomic E-state index is 12.0. The normalized spacial score (nSPS) is 14.6. The highest BCUT2D eigenvalue weighted by Gasteiger charge is 2.19. The molecule has 0 aliphatic carbocycles. The zero-order chi connectivity index (χ0) is 16.0. The fourth-order valence-corrected chi connectivity index (χ4v) is 2.69. The zero-order valence-electron chi connectivity index (χ0n) is 13.4. The standard InChI is InChI=1S/C17H27ClN2O/c1-12(9-13-7-5-6-8-15(13)18)20-16(21)10-14(19)11-17(2,3)4/h5-8,12,14H,9-11,19H2,1-4H3,(H,20,21). The van der Waals surface area contributed by atoms with Crippen LogP contribution in [0.15, 0.2) is 24.3 Å². The minimum Gasteiger partial charge on any atom is -0.353 e. The van der Waals surface area contributed by atoms with Gasteiger partial charge in [-0.05, 0) is 36.8 Å². The van der Waals surface area contributed by atoms with Crippen molar-refractivity contribution >= 4 is 17.5 Å². The highest BCUT2D eigenvalue weighted by molar-refractivity contribution is 6.31. The summed E-state index contributed by atoms with van der Waals surface area (Å²) in [6.45, 7) is 8.37. The molecule has 0 saturated heterocycles. The van der Waals surface area contributed by atoms with Crippen molar-refractivity contribution < 1.29 is 4.79 Å². The predicted octanol–water partition coefficient (Wildman–Crippen LogP) is 3.54. The number of carbonyl (C=O) groups is 1. The van der Waals surface area contributed by atoms with Crippen molar-refractivity contribution in [2.45, 2.75) is 59.0 Å². The maximum atomic E-state index is 12.0. The number of carbonyl (C=O) groups excluding carboxylic acids is 1. The van der Waals surface area contributed by atoms with Gasteiger partial charge < -0.3 is 11.1 Å². The number of amides is 1. The Balaban J connectivity index is 2.42. The van der Waals surface area contributed by atoms with Gasteiger partial charge in [0.05, 0.1) is 0 Å². The Morgan fingerprint density at radius 3 is 2.52 bits per heavy atom. The molecule has 0 fully saturated rings. The van der Waals surface area contributed by atoms with Crippen LogP contribution in [0.5, 0.6) is 0 Å². The Kier molecular flexibility index (Phi) is 6.69. The summed E-state index contributed by atoms with van der Waals surface area (Å²) in [7, 11) is 0. The van der Waals surface area contributed by atoms with Gasteiger partial charge in [0.2, 0.25) is 5.91 Å². The van der Waals surface area contributed by atoms with Gasteiger partial charge in [0.25, 0.3) is 0 Å². The Labute approximate surface area is 133 Å². The van der Waals surface area contributed by atoms with E-state index in [0.717, 1.165) is 23.4 Å². The summed E-state index contributed by atoms with van der Waals surface area (Å²) in [5.41, 5.74) is 7.22. The summed E-state index contributed by atoms with van der Waals surface area (Å²) in [5, 5.41) is 3.73. The molecule has 0 bridgehead atoms. The molecule has 1 aromatic rings. The molecular weight excluding hydrogens is 284 g/mol. The first-order chi connectivity index (χ1) is 9.67. The largest absolute Gasteiger partial charge is 0.353 e. The fraction of sp³-hybridized carbons (Fsp3) is 0.588. The molecule has 0 aliphatic rings. The summed E-state index contributed by atoms with van der Waals surface area (Å²) in [4.78, 5) is 12.0. The van der Waals surface area contributed by atoms with E-state index in [0.29, 0.717) is 6.42 Å². The average Bonchev–Trinajstić information content (AvgIpc) is 2.28. The van der Waals surface area contributed by atoms with E-state index in [-0.39, 0.29) is 23.4 Å². The zero-order valence-corrected chi connectivity index (χ0v) is 14.2. The van der Waals surface area contributed by atoms with E-state index >= 15 is 0 Å². The number of hydrogen-bond acceptors (Lipinski definition) is 2. The van der Waals surface area contributed by atoms with Gasteiger partial charge in [-0.1, -0.05) is 50.6 Å². The first-order valence-electron chi connectivity index (χ1n) is 7.46. The third-order valence-electron chi connectivity index (χ3n) is 3.21. The summed E-state index contributed by atoms with van der Waals surface area (Å²) >= 11 is 6.13. The Bertz CT molecular complexity index is 468. The number of halogens is 1. The van der Waals surface area contributed by atoms with Crippen LogP contribution in [0.1, 0.15) is 46.1 Å². The fourth-order valence-electron chi connectivity index (χ4n) is 2.48. The molecule has 0 aromatic heterocycles. The van der Waals surface area contributed by atoms with E-state index in [1.54, 1.807) is 0 Å². The van der Waals surface area contributed by atoms with Crippen molar-refractivity contribution in [3.63, 3.8) is 0 Å². The quantitative estimate of drug-likeness (QED) is 0.844. The highest BCUT2D eigenvalue weighted by Crippen LogP contribution is 2.21. The van der Waals surface area contributed by atoms with E-state index in [2.05, 4.69) is 26.1 Å². The van der Waals surface area contributed by atoms with Gasteiger partial charge in [0.1, 0.15) is 0 Å². The van der Waals surface area contributed by atoms with Crippen molar-refractivity contribution in [2.75, 3.05) is 0 Å². The smallest absolute Gasteiger partial charge is 0.221 e. The molecule has 1 rings (SSSR count). The van der Waals surface area contributed by atoms with Gasteiger partial charge in [-0.15, -0.1) is 0 Å². The number of nitrogens with two attached hydrogens (primary N) is 1. The Hall–Kier alpha value is -1.06. The van der Waals surface area contributed by atoms with Gasteiger partial charge in [0.15, 0.2) is 0 Å². The van der Waals surface area contributed by atoms with Crippen molar-refractivity contribution in [1.82, 2.24) is 5.32 Å². The number of benzene rings is 1. The van der Waals surface area contributed by atoms with Gasteiger partial charge >= 0.3 is 0 Å². The predicted molar refractivity (Wildman–Crippen MR) is 89.4 cm³/mol. The molecule has 0 aliphatic heterocycles. The van der Waals surface area contributed by atoms with Gasteiger partial charge in [-0.3, -0.25) is 4.79 Å². The van der Waals surface area contributed by atoms with Crippen LogP contribution in [0.2, 0.25) is 5.02 Å². The first-order valence-corrected chi connectivity index (χ1v) is 7.83. The minimum absolute atomic E-state index is 0.00584. The second-order valence-electron chi connectivity index (χ2n) is 6.99. The Morgan fingerprint density at radius 1 is 1.33 bits per heavy atom. The molecule has 1 amide bonds. The van der Waals surface area contributed by atoms with Gasteiger partial charge in [-0.2, -0.15) is 0 Å². The molecule has 2 atom stereocenters. The molecular formula is C17H27ClN2O. The monoisotopic (exact) mass is 310 g/mol. The van der Waals surface area contributed by atoms with E-state index in [1.165, 1.54) is 0 Å². The molecule has 2 unspecified atom stereocenters. The lowest BCUT2D eigenvalue weighted by Gasteiger charge is -2.23. The highest BCUT2D eigenvalue weighted by atomic mass is 35.5. The average molecular weight is 311 g/mol. The van der Waals surface area contributed by atoms with Crippen molar-refractivity contribution in [3.8, 4) is 0 Å². The molecule has 1 aromatic carbocycles. The number of rotatable bonds is 6. The molecule has 0 saturated carbocycles. The van der Waals surface area contributed by atoms with Crippen LogP contribution in [0.4, 0.5) is 0 Å². The summed E-state index contributed by atoms with van der Waals surface area (Å²) in [6, 6.07) is 7.65. The molecule has 118 valence electrons. The third kappa shape index (κ3) is 7.49. The van der Waals surface area contributed by atoms with Crippen LogP contribution in [0.3, 0.4) is 0 Å². The summed E-state index contributed by atoms with van der Waals surface area (Å²) in [6.07, 6.45) is 1.92. The molecule has 0 spiro atoms. The molecule has 21 heavy (non-hydrogen) atoms. The van der Waals surface area contributed by atoms with Crippen LogP contribution in [0, 0.1) is 5.41 Å². The summed E-state index contributed by atoms with van der Waals surface area (Å²) < 4.78 is 0. The second kappa shape index (κ2) is 7.81. The van der Waals surface area contributed by atoms with E-state index in [9.17, 15) is 4.79 Å². The van der Waals surface area contributed by atoms with Crippen molar-refractivity contribution in [2.24, 2.45) is 11.1 Å².